The first-order valence-corrected chi connectivity index (χ1v) is 9.67. The Morgan fingerprint density at radius 1 is 0.967 bits per heavy atom. The maximum atomic E-state index is 13.1. The van der Waals surface area contributed by atoms with Crippen molar-refractivity contribution in [2.45, 2.75) is 13.1 Å². The number of carbonyl (C=O) groups excluding carboxylic acids is 2. The van der Waals surface area contributed by atoms with Crippen molar-refractivity contribution < 1.29 is 9.59 Å². The van der Waals surface area contributed by atoms with Gasteiger partial charge in [0.1, 0.15) is 0 Å². The molecule has 1 atom stereocenters. The van der Waals surface area contributed by atoms with E-state index in [1.54, 1.807) is 13.1 Å². The van der Waals surface area contributed by atoms with Gasteiger partial charge in [-0.25, -0.2) is 9.79 Å². The van der Waals surface area contributed by atoms with Crippen molar-refractivity contribution in [1.29, 1.82) is 0 Å². The van der Waals surface area contributed by atoms with E-state index in [-0.39, 0.29) is 5.91 Å². The summed E-state index contributed by atoms with van der Waals surface area (Å²) in [7, 11) is 1.69. The van der Waals surface area contributed by atoms with E-state index in [0.717, 1.165) is 22.4 Å². The second kappa shape index (κ2) is 8.21. The number of rotatable bonds is 3. The number of nitrogens with one attached hydrogen (secondary N) is 2. The molecule has 30 heavy (non-hydrogen) atoms. The normalized spacial score (nSPS) is 15.7. The standard InChI is InChI=1S/C24H22N4O2/c1-16-9-8-12-18(15-16)25-24(30)27-22-23(29)28(2)20-14-7-6-13-19(20)21(26-22)17-10-4-3-5-11-17/h3-15,22H,1-2H3,(H2,25,27,30)/i1-1. The number of benzene rings is 3. The van der Waals surface area contributed by atoms with Crippen LogP contribution >= 0.6 is 0 Å². The fourth-order valence-electron chi connectivity index (χ4n) is 3.46. The van der Waals surface area contributed by atoms with Gasteiger partial charge in [-0.1, -0.05) is 60.7 Å². The van der Waals surface area contributed by atoms with E-state index in [1.807, 2.05) is 79.7 Å². The Morgan fingerprint density at radius 2 is 1.70 bits per heavy atom. The molecule has 0 spiro atoms. The van der Waals surface area contributed by atoms with Gasteiger partial charge in [-0.2, -0.15) is 0 Å². The fraction of sp³-hybridized carbons (Fsp3) is 0.125. The number of fused-ring (bicyclic) bond motifs is 1. The van der Waals surface area contributed by atoms with Crippen molar-refractivity contribution >= 4 is 29.0 Å². The van der Waals surface area contributed by atoms with Gasteiger partial charge in [0.15, 0.2) is 0 Å². The fourth-order valence-corrected chi connectivity index (χ4v) is 3.46. The van der Waals surface area contributed by atoms with Gasteiger partial charge >= 0.3 is 6.03 Å². The molecule has 1 unspecified atom stereocenters. The molecule has 0 saturated heterocycles. The molecule has 3 aromatic carbocycles. The molecule has 1 aliphatic heterocycles. The van der Waals surface area contributed by atoms with Crippen LogP contribution in [0.2, 0.25) is 0 Å². The lowest BCUT2D eigenvalue weighted by Gasteiger charge is -2.21. The number of carbonyl (C=O) groups is 2. The van der Waals surface area contributed by atoms with E-state index in [9.17, 15) is 9.59 Å². The molecule has 0 radical (unpaired) electrons. The Bertz CT molecular complexity index is 1120. The third-order valence-electron chi connectivity index (χ3n) is 4.93. The lowest BCUT2D eigenvalue weighted by atomic mass is 10.0. The van der Waals surface area contributed by atoms with E-state index >= 15 is 0 Å². The van der Waals surface area contributed by atoms with Gasteiger partial charge in [-0.3, -0.25) is 4.79 Å². The minimum atomic E-state index is -1.05. The lowest BCUT2D eigenvalue weighted by molar-refractivity contribution is -0.119. The number of benzodiazepines with no additional fused rings is 1. The average Bonchev–Trinajstić information content (AvgIpc) is 2.85. The molecular weight excluding hydrogens is 375 g/mol. The molecule has 3 aromatic rings. The van der Waals surface area contributed by atoms with Crippen LogP contribution < -0.4 is 15.5 Å². The number of aryl methyl sites for hydroxylation is 1. The second-order valence-electron chi connectivity index (χ2n) is 7.13. The van der Waals surface area contributed by atoms with Gasteiger partial charge in [0.2, 0.25) is 6.17 Å². The molecule has 0 fully saturated rings. The maximum absolute atomic E-state index is 13.1. The number of amides is 3. The van der Waals surface area contributed by atoms with Crippen LogP contribution in [0.25, 0.3) is 0 Å². The molecule has 0 saturated carbocycles. The number of hydrogen-bond donors (Lipinski definition) is 2. The monoisotopic (exact) mass is 397 g/mol. The van der Waals surface area contributed by atoms with E-state index in [4.69, 9.17) is 0 Å². The van der Waals surface area contributed by atoms with Crippen molar-refractivity contribution in [3.8, 4) is 0 Å². The highest BCUT2D eigenvalue weighted by molar-refractivity contribution is 6.20. The maximum Gasteiger partial charge on any atom is 0.321 e. The molecule has 2 N–H and O–H groups in total. The Kier molecular flexibility index (Phi) is 5.30. The first kappa shape index (κ1) is 19.4. The molecular formula is C24H22N4O2. The summed E-state index contributed by atoms with van der Waals surface area (Å²) in [5.41, 5.74) is 4.79. The molecule has 0 aromatic heterocycles. The molecule has 6 heteroatoms. The first-order valence-electron chi connectivity index (χ1n) is 9.67. The highest BCUT2D eigenvalue weighted by Crippen LogP contribution is 2.27. The highest BCUT2D eigenvalue weighted by atomic mass is 16.2. The molecule has 0 aliphatic carbocycles. The molecule has 4 rings (SSSR count). The lowest BCUT2D eigenvalue weighted by Crippen LogP contribution is -2.47. The summed E-state index contributed by atoms with van der Waals surface area (Å²) in [6.07, 6.45) is -1.05. The molecule has 150 valence electrons. The van der Waals surface area contributed by atoms with Crippen LogP contribution in [-0.2, 0) is 4.79 Å². The topological polar surface area (TPSA) is 73.8 Å². The third-order valence-corrected chi connectivity index (χ3v) is 4.93. The van der Waals surface area contributed by atoms with Crippen LogP contribution in [0.5, 0.6) is 0 Å². The average molecular weight is 397 g/mol. The summed E-state index contributed by atoms with van der Waals surface area (Å²) < 4.78 is 0. The van der Waals surface area contributed by atoms with Gasteiger partial charge in [0, 0.05) is 23.9 Å². The quantitative estimate of drug-likeness (QED) is 0.702. The summed E-state index contributed by atoms with van der Waals surface area (Å²) in [5.74, 6) is -0.312. The molecule has 0 bridgehead atoms. The van der Waals surface area contributed by atoms with Gasteiger partial charge in [-0.05, 0) is 30.7 Å². The number of hydrogen-bond acceptors (Lipinski definition) is 3. The molecule has 1 aliphatic rings. The Morgan fingerprint density at radius 3 is 2.47 bits per heavy atom. The summed E-state index contributed by atoms with van der Waals surface area (Å²) in [5, 5.41) is 5.48. The van der Waals surface area contributed by atoms with Crippen molar-refractivity contribution in [3.63, 3.8) is 0 Å². The highest BCUT2D eigenvalue weighted by Gasteiger charge is 2.30. The van der Waals surface area contributed by atoms with Crippen molar-refractivity contribution in [2.24, 2.45) is 4.99 Å². The van der Waals surface area contributed by atoms with E-state index < -0.39 is 12.2 Å². The number of nitrogens with zero attached hydrogens (tertiary/aromatic N) is 2. The van der Waals surface area contributed by atoms with Gasteiger partial charge in [0.05, 0.1) is 11.4 Å². The molecule has 3 amide bonds. The minimum Gasteiger partial charge on any atom is -0.311 e. The number of urea groups is 1. The zero-order valence-electron chi connectivity index (χ0n) is 16.8. The summed E-state index contributed by atoms with van der Waals surface area (Å²) in [6.45, 7) is 1.94. The summed E-state index contributed by atoms with van der Waals surface area (Å²) in [6, 6.07) is 24.2. The van der Waals surface area contributed by atoms with Crippen molar-refractivity contribution in [1.82, 2.24) is 5.32 Å². The Hall–Kier alpha value is -3.93. The smallest absolute Gasteiger partial charge is 0.311 e. The first-order chi connectivity index (χ1) is 14.5. The van der Waals surface area contributed by atoms with Crippen LogP contribution in [0.1, 0.15) is 16.7 Å². The van der Waals surface area contributed by atoms with Gasteiger partial charge in [-0.15, -0.1) is 0 Å². The minimum absolute atomic E-state index is 0.312. The predicted molar refractivity (Wildman–Crippen MR) is 119 cm³/mol. The van der Waals surface area contributed by atoms with E-state index in [1.165, 1.54) is 4.90 Å². The van der Waals surface area contributed by atoms with Crippen LogP contribution in [0.4, 0.5) is 16.2 Å². The number of likely N-dealkylation sites (N-methyl/N-ethyl adjacent to an activating group) is 1. The summed E-state index contributed by atoms with van der Waals surface area (Å²) in [4.78, 5) is 31.9. The van der Waals surface area contributed by atoms with Crippen LogP contribution in [0.3, 0.4) is 0 Å². The number of anilines is 2. The number of aliphatic imine (C=N–C) groups is 1. The van der Waals surface area contributed by atoms with Crippen molar-refractivity contribution in [2.75, 3.05) is 17.3 Å². The van der Waals surface area contributed by atoms with Crippen LogP contribution in [0.15, 0.2) is 83.9 Å². The zero-order chi connectivity index (χ0) is 21.1. The summed E-state index contributed by atoms with van der Waals surface area (Å²) >= 11 is 0. The second-order valence-corrected chi connectivity index (χ2v) is 7.13. The Labute approximate surface area is 175 Å². The predicted octanol–water partition coefficient (Wildman–Crippen LogP) is 3.96. The zero-order valence-corrected chi connectivity index (χ0v) is 16.8. The van der Waals surface area contributed by atoms with Gasteiger partial charge in [0.25, 0.3) is 5.91 Å². The van der Waals surface area contributed by atoms with Crippen molar-refractivity contribution in [3.05, 3.63) is 95.6 Å². The number of para-hydroxylation sites is 1. The van der Waals surface area contributed by atoms with Crippen LogP contribution in [0, 0.1) is 6.92 Å². The Balaban J connectivity index is 1.69. The van der Waals surface area contributed by atoms with Crippen LogP contribution in [-0.4, -0.2) is 30.9 Å². The molecule has 1 heterocycles. The van der Waals surface area contributed by atoms with E-state index in [0.29, 0.717) is 11.4 Å². The largest absolute Gasteiger partial charge is 0.321 e. The van der Waals surface area contributed by atoms with E-state index in [2.05, 4.69) is 15.6 Å². The SMILES string of the molecule is CN1C(=O)C(NC(=O)Nc2cccc([11CH3])c2)N=C(c2ccccc2)c2ccccc21. The van der Waals surface area contributed by atoms with Gasteiger partial charge < -0.3 is 15.5 Å². The molecule has 6 nitrogen and oxygen atoms in total. The third kappa shape index (κ3) is 3.93.